The van der Waals surface area contributed by atoms with Crippen LogP contribution in [-0.4, -0.2) is 17.2 Å². The first-order valence-corrected chi connectivity index (χ1v) is 7.85. The molecule has 0 aromatic heterocycles. The van der Waals surface area contributed by atoms with Crippen LogP contribution in [0.15, 0.2) is 18.2 Å². The third-order valence-corrected chi connectivity index (χ3v) is 4.62. The quantitative estimate of drug-likeness (QED) is 0.883. The maximum atomic E-state index is 11.9. The second-order valence-corrected chi connectivity index (χ2v) is 7.94. The highest BCUT2D eigenvalue weighted by molar-refractivity contribution is 5.86. The molecule has 22 heavy (non-hydrogen) atoms. The van der Waals surface area contributed by atoms with E-state index >= 15 is 0 Å². The lowest BCUT2D eigenvalue weighted by Gasteiger charge is -2.33. The summed E-state index contributed by atoms with van der Waals surface area (Å²) in [6, 6.07) is 6.09. The van der Waals surface area contributed by atoms with Crippen molar-refractivity contribution in [3.63, 3.8) is 0 Å². The number of nitrogens with two attached hydrogens (primary N) is 1. The van der Waals surface area contributed by atoms with Crippen molar-refractivity contribution in [2.45, 2.75) is 70.9 Å². The highest BCUT2D eigenvalue weighted by atomic mass is 16.6. The van der Waals surface area contributed by atoms with Gasteiger partial charge in [-0.1, -0.05) is 26.0 Å². The molecule has 3 N–H and O–H groups in total. The Hall–Kier alpha value is -1.55. The fourth-order valence-corrected chi connectivity index (χ4v) is 2.65. The van der Waals surface area contributed by atoms with E-state index in [0.29, 0.717) is 0 Å². The van der Waals surface area contributed by atoms with E-state index in [1.807, 2.05) is 39.8 Å². The number of anilines is 1. The number of rotatable bonds is 3. The Morgan fingerprint density at radius 3 is 2.27 bits per heavy atom. The predicted molar refractivity (Wildman–Crippen MR) is 90.2 cm³/mol. The highest BCUT2D eigenvalue weighted by Gasteiger charge is 2.51. The van der Waals surface area contributed by atoms with Gasteiger partial charge < -0.3 is 10.5 Å². The molecule has 1 aromatic rings. The Labute approximate surface area is 133 Å². The van der Waals surface area contributed by atoms with E-state index in [0.717, 1.165) is 24.1 Å². The Balaban J connectivity index is 2.15. The molecule has 0 aliphatic heterocycles. The van der Waals surface area contributed by atoms with Gasteiger partial charge in [0.1, 0.15) is 5.60 Å². The normalized spacial score (nSPS) is 17.0. The van der Waals surface area contributed by atoms with Crippen LogP contribution in [0.1, 0.15) is 58.6 Å². The van der Waals surface area contributed by atoms with Gasteiger partial charge in [-0.2, -0.15) is 0 Å². The molecule has 1 aromatic carbocycles. The number of hydrogen-bond donors (Lipinski definition) is 2. The predicted octanol–water partition coefficient (Wildman–Crippen LogP) is 4.11. The van der Waals surface area contributed by atoms with Crippen molar-refractivity contribution < 1.29 is 9.53 Å². The number of benzene rings is 1. The van der Waals surface area contributed by atoms with Gasteiger partial charge in [-0.3, -0.25) is 5.32 Å². The molecule has 1 aliphatic carbocycles. The molecule has 0 radical (unpaired) electrons. The fraction of sp³-hybridized carbons (Fsp3) is 0.611. The Kier molecular flexibility index (Phi) is 4.03. The molecule has 0 atom stereocenters. The third-order valence-electron chi connectivity index (χ3n) is 4.62. The number of nitrogens with one attached hydrogen (secondary N) is 1. The molecule has 1 saturated carbocycles. The van der Waals surface area contributed by atoms with Gasteiger partial charge in [-0.25, -0.2) is 4.79 Å². The lowest BCUT2D eigenvalue weighted by atomic mass is 9.75. The van der Waals surface area contributed by atoms with Gasteiger partial charge in [-0.15, -0.1) is 0 Å². The molecule has 0 saturated heterocycles. The molecule has 0 bridgehead atoms. The first-order chi connectivity index (χ1) is 9.95. The minimum atomic E-state index is -0.502. The van der Waals surface area contributed by atoms with Crippen LogP contribution in [0.4, 0.5) is 10.5 Å². The molecule has 0 heterocycles. The Morgan fingerprint density at radius 2 is 1.82 bits per heavy atom. The van der Waals surface area contributed by atoms with Gasteiger partial charge in [0.15, 0.2) is 0 Å². The molecule has 1 fully saturated rings. The van der Waals surface area contributed by atoms with Crippen LogP contribution < -0.4 is 11.1 Å². The molecular weight excluding hydrogens is 276 g/mol. The molecule has 4 heteroatoms. The summed E-state index contributed by atoms with van der Waals surface area (Å²) in [5, 5.41) is 2.81. The number of carbonyl (C=O) groups is 1. The van der Waals surface area contributed by atoms with E-state index < -0.39 is 11.7 Å². The SMILES string of the molecule is Cc1cc(C(C)(C)C2(N)CC2)ccc1NC(=O)OC(C)(C)C. The van der Waals surface area contributed by atoms with E-state index in [1.165, 1.54) is 5.56 Å². The van der Waals surface area contributed by atoms with Crippen LogP contribution in [0.2, 0.25) is 0 Å². The van der Waals surface area contributed by atoms with Crippen LogP contribution in [-0.2, 0) is 10.2 Å². The average Bonchev–Trinajstić information content (AvgIpc) is 3.09. The Morgan fingerprint density at radius 1 is 1.23 bits per heavy atom. The first kappa shape index (κ1) is 16.8. The van der Waals surface area contributed by atoms with Crippen molar-refractivity contribution >= 4 is 11.8 Å². The van der Waals surface area contributed by atoms with Crippen molar-refractivity contribution in [3.8, 4) is 0 Å². The zero-order chi connectivity index (χ0) is 16.8. The van der Waals surface area contributed by atoms with Gasteiger partial charge in [-0.05, 0) is 57.7 Å². The van der Waals surface area contributed by atoms with Crippen LogP contribution in [0, 0.1) is 6.92 Å². The summed E-state index contributed by atoms with van der Waals surface area (Å²) < 4.78 is 5.29. The Bertz CT molecular complexity index is 581. The first-order valence-electron chi connectivity index (χ1n) is 7.85. The van der Waals surface area contributed by atoms with Crippen molar-refractivity contribution in [3.05, 3.63) is 29.3 Å². The highest BCUT2D eigenvalue weighted by Crippen LogP contribution is 2.49. The third kappa shape index (κ3) is 3.43. The average molecular weight is 304 g/mol. The molecule has 1 aliphatic rings. The summed E-state index contributed by atoms with van der Waals surface area (Å²) in [6.45, 7) is 11.9. The van der Waals surface area contributed by atoms with Crippen molar-refractivity contribution in [2.24, 2.45) is 5.73 Å². The lowest BCUT2D eigenvalue weighted by molar-refractivity contribution is 0.0636. The number of amides is 1. The molecule has 0 spiro atoms. The van der Waals surface area contributed by atoms with Gasteiger partial charge in [0.2, 0.25) is 0 Å². The summed E-state index contributed by atoms with van der Waals surface area (Å²) in [7, 11) is 0. The maximum Gasteiger partial charge on any atom is 0.412 e. The minimum Gasteiger partial charge on any atom is -0.444 e. The van der Waals surface area contributed by atoms with Crippen molar-refractivity contribution in [2.75, 3.05) is 5.32 Å². The van der Waals surface area contributed by atoms with E-state index in [1.54, 1.807) is 0 Å². The van der Waals surface area contributed by atoms with Gasteiger partial charge in [0.05, 0.1) is 0 Å². The topological polar surface area (TPSA) is 64.3 Å². The van der Waals surface area contributed by atoms with E-state index in [-0.39, 0.29) is 11.0 Å². The van der Waals surface area contributed by atoms with E-state index in [9.17, 15) is 4.79 Å². The molecule has 0 unspecified atom stereocenters. The zero-order valence-corrected chi connectivity index (χ0v) is 14.5. The number of ether oxygens (including phenoxy) is 1. The number of aryl methyl sites for hydroxylation is 1. The summed E-state index contributed by atoms with van der Waals surface area (Å²) in [5.41, 5.74) is 8.73. The van der Waals surface area contributed by atoms with E-state index in [4.69, 9.17) is 10.5 Å². The summed E-state index contributed by atoms with van der Waals surface area (Å²) in [6.07, 6.45) is 1.70. The van der Waals surface area contributed by atoms with Gasteiger partial charge in [0.25, 0.3) is 0 Å². The lowest BCUT2D eigenvalue weighted by Crippen LogP contribution is -2.43. The summed E-state index contributed by atoms with van der Waals surface area (Å²) in [5.74, 6) is 0. The number of carbonyl (C=O) groups excluding carboxylic acids is 1. The maximum absolute atomic E-state index is 11.9. The summed E-state index contributed by atoms with van der Waals surface area (Å²) in [4.78, 5) is 11.9. The second kappa shape index (κ2) is 5.27. The van der Waals surface area contributed by atoms with Gasteiger partial charge in [0, 0.05) is 16.6 Å². The smallest absolute Gasteiger partial charge is 0.412 e. The molecular formula is C18H28N2O2. The molecule has 1 amide bonds. The van der Waals surface area contributed by atoms with Crippen LogP contribution >= 0.6 is 0 Å². The largest absolute Gasteiger partial charge is 0.444 e. The second-order valence-electron chi connectivity index (χ2n) is 7.94. The van der Waals surface area contributed by atoms with Crippen LogP contribution in [0.25, 0.3) is 0 Å². The van der Waals surface area contributed by atoms with Crippen molar-refractivity contribution in [1.82, 2.24) is 0 Å². The van der Waals surface area contributed by atoms with E-state index in [2.05, 4.69) is 25.2 Å². The van der Waals surface area contributed by atoms with Crippen LogP contribution in [0.5, 0.6) is 0 Å². The zero-order valence-electron chi connectivity index (χ0n) is 14.5. The number of hydrogen-bond acceptors (Lipinski definition) is 3. The minimum absolute atomic E-state index is 0.0673. The van der Waals surface area contributed by atoms with Crippen molar-refractivity contribution in [1.29, 1.82) is 0 Å². The van der Waals surface area contributed by atoms with Crippen LogP contribution in [0.3, 0.4) is 0 Å². The molecule has 4 nitrogen and oxygen atoms in total. The monoisotopic (exact) mass is 304 g/mol. The molecule has 2 rings (SSSR count). The standard InChI is InChI=1S/C18H28N2O2/c1-12-11-13(17(5,6)18(19)9-10-18)7-8-14(12)20-15(21)22-16(2,3)4/h7-8,11H,9-10,19H2,1-6H3,(H,20,21). The van der Waals surface area contributed by atoms with Gasteiger partial charge >= 0.3 is 6.09 Å². The summed E-state index contributed by atoms with van der Waals surface area (Å²) >= 11 is 0. The fourth-order valence-electron chi connectivity index (χ4n) is 2.65. The molecule has 122 valence electrons.